The Morgan fingerprint density at radius 1 is 1.04 bits per heavy atom. The molecule has 24 heavy (non-hydrogen) atoms. The molecule has 1 aliphatic rings. The number of likely N-dealkylation sites (N-methyl/N-ethyl adjacent to an activating group) is 1. The second kappa shape index (κ2) is 10.9. The predicted molar refractivity (Wildman–Crippen MR) is 107 cm³/mol. The van der Waals surface area contributed by atoms with Crippen LogP contribution in [0.1, 0.15) is 29.5 Å². The maximum atomic E-state index is 12.2. The second-order valence-corrected chi connectivity index (χ2v) is 6.57. The van der Waals surface area contributed by atoms with Crippen molar-refractivity contribution >= 4 is 36.4 Å². The number of carbonyl (C=O) groups is 1. The van der Waals surface area contributed by atoms with Crippen LogP contribution in [-0.4, -0.2) is 55.5 Å². The summed E-state index contributed by atoms with van der Waals surface area (Å²) in [6, 6.07) is 4.24. The predicted octanol–water partition coefficient (Wildman–Crippen LogP) is 3.42. The van der Waals surface area contributed by atoms with Gasteiger partial charge in [0, 0.05) is 38.3 Å². The van der Waals surface area contributed by atoms with Crippen LogP contribution >= 0.6 is 24.8 Å². The van der Waals surface area contributed by atoms with Gasteiger partial charge in [-0.25, -0.2) is 0 Å². The Morgan fingerprint density at radius 2 is 1.58 bits per heavy atom. The van der Waals surface area contributed by atoms with Gasteiger partial charge in [0.25, 0.3) is 0 Å². The zero-order chi connectivity index (χ0) is 16.1. The highest BCUT2D eigenvalue weighted by Crippen LogP contribution is 2.22. The minimum Gasteiger partial charge on any atom is -0.326 e. The summed E-state index contributed by atoms with van der Waals surface area (Å²) >= 11 is 0. The van der Waals surface area contributed by atoms with Crippen LogP contribution in [0, 0.1) is 20.8 Å². The Morgan fingerprint density at radius 3 is 2.12 bits per heavy atom. The third-order valence-corrected chi connectivity index (χ3v) is 4.42. The van der Waals surface area contributed by atoms with Gasteiger partial charge in [0.2, 0.25) is 5.91 Å². The van der Waals surface area contributed by atoms with Crippen molar-refractivity contribution in [2.75, 3.05) is 45.1 Å². The van der Waals surface area contributed by atoms with Gasteiger partial charge >= 0.3 is 0 Å². The zero-order valence-corrected chi connectivity index (χ0v) is 16.9. The standard InChI is InChI=1S/C18H29N3O.2ClH/c1-14-12-15(2)18(16(3)13-14)19-17(22)6-5-7-21-10-8-20(4)9-11-21;;/h12-13H,5-11H2,1-4H3,(H,19,22);2*1H. The number of halogens is 2. The summed E-state index contributed by atoms with van der Waals surface area (Å²) in [5, 5.41) is 3.08. The number of aryl methyl sites for hydroxylation is 3. The van der Waals surface area contributed by atoms with Crippen LogP contribution in [0.25, 0.3) is 0 Å². The molecule has 0 spiro atoms. The summed E-state index contributed by atoms with van der Waals surface area (Å²) in [7, 11) is 2.16. The monoisotopic (exact) mass is 375 g/mol. The quantitative estimate of drug-likeness (QED) is 0.855. The molecule has 0 atom stereocenters. The molecule has 1 saturated heterocycles. The fourth-order valence-corrected chi connectivity index (χ4v) is 3.11. The highest BCUT2D eigenvalue weighted by atomic mass is 35.5. The first-order valence-electron chi connectivity index (χ1n) is 8.24. The molecule has 1 heterocycles. The Kier molecular flexibility index (Phi) is 10.6. The van der Waals surface area contributed by atoms with Crippen molar-refractivity contribution in [1.29, 1.82) is 0 Å². The number of piperazine rings is 1. The van der Waals surface area contributed by atoms with E-state index in [9.17, 15) is 4.79 Å². The van der Waals surface area contributed by atoms with Crippen molar-refractivity contribution in [2.45, 2.75) is 33.6 Å². The van der Waals surface area contributed by atoms with Gasteiger partial charge in [-0.3, -0.25) is 4.79 Å². The lowest BCUT2D eigenvalue weighted by atomic mass is 10.0. The number of rotatable bonds is 5. The molecular weight excluding hydrogens is 345 g/mol. The van der Waals surface area contributed by atoms with Crippen molar-refractivity contribution < 1.29 is 4.79 Å². The van der Waals surface area contributed by atoms with Crippen molar-refractivity contribution in [3.05, 3.63) is 28.8 Å². The van der Waals surface area contributed by atoms with Crippen LogP contribution in [0.5, 0.6) is 0 Å². The van der Waals surface area contributed by atoms with E-state index in [-0.39, 0.29) is 30.7 Å². The van der Waals surface area contributed by atoms with E-state index in [4.69, 9.17) is 0 Å². The van der Waals surface area contributed by atoms with Gasteiger partial charge in [-0.15, -0.1) is 24.8 Å². The normalized spacial score (nSPS) is 15.3. The SMILES string of the molecule is Cc1cc(C)c(NC(=O)CCCN2CCN(C)CC2)c(C)c1.Cl.Cl. The van der Waals surface area contributed by atoms with Gasteiger partial charge in [-0.2, -0.15) is 0 Å². The van der Waals surface area contributed by atoms with E-state index < -0.39 is 0 Å². The number of benzene rings is 1. The van der Waals surface area contributed by atoms with Gasteiger partial charge in [-0.1, -0.05) is 17.7 Å². The first-order valence-corrected chi connectivity index (χ1v) is 8.24. The van der Waals surface area contributed by atoms with E-state index >= 15 is 0 Å². The summed E-state index contributed by atoms with van der Waals surface area (Å²) in [5.41, 5.74) is 4.51. The molecule has 0 bridgehead atoms. The van der Waals surface area contributed by atoms with E-state index in [0.717, 1.165) is 56.0 Å². The van der Waals surface area contributed by atoms with Crippen LogP contribution in [0.15, 0.2) is 12.1 Å². The smallest absolute Gasteiger partial charge is 0.224 e. The summed E-state index contributed by atoms with van der Waals surface area (Å²) in [6.45, 7) is 11.7. The molecule has 1 amide bonds. The van der Waals surface area contributed by atoms with E-state index in [1.807, 2.05) is 0 Å². The zero-order valence-electron chi connectivity index (χ0n) is 15.2. The van der Waals surface area contributed by atoms with Crippen molar-refractivity contribution in [3.63, 3.8) is 0 Å². The summed E-state index contributed by atoms with van der Waals surface area (Å²) in [5.74, 6) is 0.129. The summed E-state index contributed by atoms with van der Waals surface area (Å²) < 4.78 is 0. The van der Waals surface area contributed by atoms with Crippen LogP contribution < -0.4 is 5.32 Å². The third kappa shape index (κ3) is 6.98. The molecule has 1 fully saturated rings. The fourth-order valence-electron chi connectivity index (χ4n) is 3.11. The number of nitrogens with zero attached hydrogens (tertiary/aromatic N) is 2. The molecule has 138 valence electrons. The number of nitrogens with one attached hydrogen (secondary N) is 1. The molecular formula is C18H31Cl2N3O. The highest BCUT2D eigenvalue weighted by Gasteiger charge is 2.14. The first kappa shape index (κ1) is 23.2. The lowest BCUT2D eigenvalue weighted by molar-refractivity contribution is -0.116. The average molecular weight is 376 g/mol. The van der Waals surface area contributed by atoms with Crippen LogP contribution in [-0.2, 0) is 4.79 Å². The Labute approximate surface area is 158 Å². The van der Waals surface area contributed by atoms with Crippen LogP contribution in [0.3, 0.4) is 0 Å². The number of anilines is 1. The van der Waals surface area contributed by atoms with Gasteiger partial charge in [0.1, 0.15) is 0 Å². The molecule has 0 radical (unpaired) electrons. The highest BCUT2D eigenvalue weighted by molar-refractivity contribution is 5.92. The lowest BCUT2D eigenvalue weighted by Gasteiger charge is -2.32. The first-order chi connectivity index (χ1) is 10.5. The second-order valence-electron chi connectivity index (χ2n) is 6.57. The molecule has 0 aliphatic carbocycles. The number of hydrogen-bond acceptors (Lipinski definition) is 3. The molecule has 4 nitrogen and oxygen atoms in total. The molecule has 1 aromatic carbocycles. The van der Waals surface area contributed by atoms with E-state index in [1.165, 1.54) is 5.56 Å². The van der Waals surface area contributed by atoms with Crippen molar-refractivity contribution in [1.82, 2.24) is 9.80 Å². The van der Waals surface area contributed by atoms with Crippen LogP contribution in [0.4, 0.5) is 5.69 Å². The number of amides is 1. The van der Waals surface area contributed by atoms with Gasteiger partial charge in [0.05, 0.1) is 0 Å². The van der Waals surface area contributed by atoms with Gasteiger partial charge in [0.15, 0.2) is 0 Å². The number of carbonyl (C=O) groups excluding carboxylic acids is 1. The maximum Gasteiger partial charge on any atom is 0.224 e. The molecule has 2 rings (SSSR count). The Bertz CT molecular complexity index is 506. The fraction of sp³-hybridized carbons (Fsp3) is 0.611. The molecule has 0 unspecified atom stereocenters. The van der Waals surface area contributed by atoms with Crippen molar-refractivity contribution in [3.8, 4) is 0 Å². The minimum absolute atomic E-state index is 0. The lowest BCUT2D eigenvalue weighted by Crippen LogP contribution is -2.44. The third-order valence-electron chi connectivity index (χ3n) is 4.42. The van der Waals surface area contributed by atoms with E-state index in [1.54, 1.807) is 0 Å². The molecule has 6 heteroatoms. The van der Waals surface area contributed by atoms with E-state index in [2.05, 4.69) is 55.1 Å². The number of hydrogen-bond donors (Lipinski definition) is 1. The van der Waals surface area contributed by atoms with Gasteiger partial charge in [-0.05, 0) is 51.9 Å². The maximum absolute atomic E-state index is 12.2. The summed E-state index contributed by atoms with van der Waals surface area (Å²) in [4.78, 5) is 17.0. The molecule has 1 N–H and O–H groups in total. The van der Waals surface area contributed by atoms with Gasteiger partial charge < -0.3 is 15.1 Å². The largest absolute Gasteiger partial charge is 0.326 e. The molecule has 1 aliphatic heterocycles. The average Bonchev–Trinajstić information content (AvgIpc) is 2.45. The van der Waals surface area contributed by atoms with Crippen molar-refractivity contribution in [2.24, 2.45) is 0 Å². The van der Waals surface area contributed by atoms with Crippen LogP contribution in [0.2, 0.25) is 0 Å². The van der Waals surface area contributed by atoms with E-state index in [0.29, 0.717) is 6.42 Å². The Hall–Kier alpha value is -0.810. The molecule has 1 aromatic rings. The Balaban J connectivity index is 0.00000264. The molecule has 0 aromatic heterocycles. The molecule has 0 saturated carbocycles. The minimum atomic E-state index is 0. The summed E-state index contributed by atoms with van der Waals surface area (Å²) in [6.07, 6.45) is 1.53. The topological polar surface area (TPSA) is 35.6 Å².